The van der Waals surface area contributed by atoms with Crippen LogP contribution in [0.4, 0.5) is 5.82 Å². The molecular formula is C25H27N7O. The molecule has 0 N–H and O–H groups in total. The van der Waals surface area contributed by atoms with Gasteiger partial charge in [-0.3, -0.25) is 14.5 Å². The highest BCUT2D eigenvalue weighted by molar-refractivity contribution is 5.98. The summed E-state index contributed by atoms with van der Waals surface area (Å²) in [6.45, 7) is 3.94. The molecule has 33 heavy (non-hydrogen) atoms. The molecule has 0 spiro atoms. The Morgan fingerprint density at radius 3 is 2.76 bits per heavy atom. The van der Waals surface area contributed by atoms with Crippen LogP contribution < -0.4 is 4.90 Å². The molecule has 168 valence electrons. The fourth-order valence-electron chi connectivity index (χ4n) is 4.18. The van der Waals surface area contributed by atoms with Gasteiger partial charge in [0.2, 0.25) is 0 Å². The number of pyridine rings is 3. The van der Waals surface area contributed by atoms with E-state index in [1.165, 1.54) is 0 Å². The molecule has 8 nitrogen and oxygen atoms in total. The Morgan fingerprint density at radius 2 is 1.91 bits per heavy atom. The van der Waals surface area contributed by atoms with Gasteiger partial charge < -0.3 is 9.80 Å². The molecule has 1 fully saturated rings. The summed E-state index contributed by atoms with van der Waals surface area (Å²) >= 11 is 0. The highest BCUT2D eigenvalue weighted by Crippen LogP contribution is 2.21. The molecule has 0 unspecified atom stereocenters. The number of aryl methyl sites for hydroxylation is 1. The summed E-state index contributed by atoms with van der Waals surface area (Å²) in [4.78, 5) is 31.5. The molecule has 0 radical (unpaired) electrons. The van der Waals surface area contributed by atoms with Crippen molar-refractivity contribution < 1.29 is 4.79 Å². The average molecular weight is 442 g/mol. The maximum Gasteiger partial charge on any atom is 0.169 e. The van der Waals surface area contributed by atoms with Crippen LogP contribution in [-0.4, -0.2) is 68.6 Å². The van der Waals surface area contributed by atoms with E-state index in [1.807, 2.05) is 37.5 Å². The normalized spacial score (nSPS) is 15.0. The Kier molecular flexibility index (Phi) is 5.83. The zero-order chi connectivity index (χ0) is 22.8. The Hall–Kier alpha value is -3.65. The fourth-order valence-corrected chi connectivity index (χ4v) is 4.18. The smallest absolute Gasteiger partial charge is 0.169 e. The maximum absolute atomic E-state index is 13.1. The lowest BCUT2D eigenvalue weighted by atomic mass is 10.1. The second-order valence-corrected chi connectivity index (χ2v) is 8.61. The Balaban J connectivity index is 1.35. The van der Waals surface area contributed by atoms with Gasteiger partial charge in [-0.25, -0.2) is 9.97 Å². The molecule has 5 heterocycles. The Labute approximate surface area is 192 Å². The van der Waals surface area contributed by atoms with Crippen molar-refractivity contribution in [2.24, 2.45) is 7.05 Å². The Bertz CT molecular complexity index is 1300. The molecule has 0 amide bonds. The predicted molar refractivity (Wildman–Crippen MR) is 128 cm³/mol. The molecule has 8 heteroatoms. The number of carbonyl (C=O) groups is 1. The summed E-state index contributed by atoms with van der Waals surface area (Å²) < 4.78 is 1.75. The summed E-state index contributed by atoms with van der Waals surface area (Å²) in [6.07, 6.45) is 8.55. The molecule has 0 bridgehead atoms. The molecule has 0 aliphatic carbocycles. The van der Waals surface area contributed by atoms with Gasteiger partial charge in [-0.15, -0.1) is 0 Å². The molecule has 1 aliphatic rings. The van der Waals surface area contributed by atoms with Crippen molar-refractivity contribution in [1.29, 1.82) is 0 Å². The summed E-state index contributed by atoms with van der Waals surface area (Å²) in [6, 6.07) is 9.56. The number of nitrogens with zero attached hydrogens (tertiary/aromatic N) is 7. The van der Waals surface area contributed by atoms with E-state index in [-0.39, 0.29) is 12.2 Å². The zero-order valence-corrected chi connectivity index (χ0v) is 19.0. The van der Waals surface area contributed by atoms with Crippen LogP contribution in [0.5, 0.6) is 0 Å². The van der Waals surface area contributed by atoms with Crippen LogP contribution >= 0.6 is 0 Å². The Morgan fingerprint density at radius 1 is 1.00 bits per heavy atom. The summed E-state index contributed by atoms with van der Waals surface area (Å²) in [5.41, 5.74) is 3.99. The third kappa shape index (κ3) is 4.75. The largest absolute Gasteiger partial charge is 0.355 e. The van der Waals surface area contributed by atoms with Crippen LogP contribution in [0.25, 0.3) is 22.2 Å². The van der Waals surface area contributed by atoms with Crippen molar-refractivity contribution in [3.8, 4) is 11.3 Å². The number of carbonyl (C=O) groups excluding carboxylic acids is 1. The minimum atomic E-state index is 0.0286. The highest BCUT2D eigenvalue weighted by Gasteiger charge is 2.16. The minimum absolute atomic E-state index is 0.0286. The summed E-state index contributed by atoms with van der Waals surface area (Å²) in [5.74, 6) is 0.895. The average Bonchev–Trinajstić information content (AvgIpc) is 3.15. The lowest BCUT2D eigenvalue weighted by Gasteiger charge is -2.21. The number of ketones is 1. The molecule has 4 aromatic rings. The summed E-state index contributed by atoms with van der Waals surface area (Å²) in [7, 11) is 4.02. The van der Waals surface area contributed by atoms with E-state index in [9.17, 15) is 4.79 Å². The molecule has 5 rings (SSSR count). The van der Waals surface area contributed by atoms with Crippen LogP contribution in [0, 0.1) is 0 Å². The van der Waals surface area contributed by atoms with Crippen molar-refractivity contribution in [2.75, 3.05) is 38.1 Å². The van der Waals surface area contributed by atoms with E-state index in [1.54, 1.807) is 29.3 Å². The van der Waals surface area contributed by atoms with Gasteiger partial charge in [0.15, 0.2) is 5.78 Å². The first kappa shape index (κ1) is 21.2. The molecule has 1 aliphatic heterocycles. The second-order valence-electron chi connectivity index (χ2n) is 8.61. The van der Waals surface area contributed by atoms with Crippen molar-refractivity contribution in [3.05, 3.63) is 66.4 Å². The molecule has 0 atom stereocenters. The van der Waals surface area contributed by atoms with Crippen LogP contribution in [-0.2, 0) is 13.5 Å². The van der Waals surface area contributed by atoms with Crippen LogP contribution in [0.2, 0.25) is 0 Å². The quantitative estimate of drug-likeness (QED) is 0.441. The van der Waals surface area contributed by atoms with Crippen molar-refractivity contribution >= 4 is 22.5 Å². The number of Topliss-reactive ketones (excluding diaryl/α,β-unsaturated/α-hetero) is 1. The van der Waals surface area contributed by atoms with E-state index < -0.39 is 0 Å². The molecular weight excluding hydrogens is 414 g/mol. The minimum Gasteiger partial charge on any atom is -0.355 e. The van der Waals surface area contributed by atoms with Crippen LogP contribution in [0.3, 0.4) is 0 Å². The third-order valence-electron chi connectivity index (χ3n) is 6.08. The van der Waals surface area contributed by atoms with Gasteiger partial charge in [-0.2, -0.15) is 5.10 Å². The van der Waals surface area contributed by atoms with Crippen molar-refractivity contribution in [3.63, 3.8) is 0 Å². The zero-order valence-electron chi connectivity index (χ0n) is 19.0. The number of anilines is 1. The van der Waals surface area contributed by atoms with Gasteiger partial charge in [-0.05, 0) is 50.3 Å². The fraction of sp³-hybridized carbons (Fsp3) is 0.320. The van der Waals surface area contributed by atoms with E-state index in [2.05, 4.69) is 31.9 Å². The number of aromatic nitrogens is 5. The van der Waals surface area contributed by atoms with E-state index in [0.29, 0.717) is 11.3 Å². The SMILES string of the molecule is CN1CCCN(c2cc(C(=O)Cc3cc4nc(-c5cnn(C)c5)ccc4cn3)ccn2)CC1. The number of rotatable bonds is 5. The van der Waals surface area contributed by atoms with Gasteiger partial charge in [0.25, 0.3) is 0 Å². The standard InChI is InChI=1S/C25H27N7O/c1-30-8-3-9-32(11-10-30)25-12-18(6-7-26-25)24(33)14-21-13-23-19(15-27-21)4-5-22(29-23)20-16-28-31(2)17-20/h4-7,12-13,15-17H,3,8-11,14H2,1-2H3. The maximum atomic E-state index is 13.1. The van der Waals surface area contributed by atoms with Crippen LogP contribution in [0.15, 0.2) is 55.1 Å². The number of fused-ring (bicyclic) bond motifs is 1. The number of hydrogen-bond acceptors (Lipinski definition) is 7. The van der Waals surface area contributed by atoms with Crippen molar-refractivity contribution in [2.45, 2.75) is 12.8 Å². The second kappa shape index (κ2) is 9.07. The third-order valence-corrected chi connectivity index (χ3v) is 6.08. The predicted octanol–water partition coefficient (Wildman–Crippen LogP) is 2.99. The first-order valence-corrected chi connectivity index (χ1v) is 11.2. The van der Waals surface area contributed by atoms with Gasteiger partial charge in [0, 0.05) is 61.8 Å². The molecule has 0 aromatic carbocycles. The first-order valence-electron chi connectivity index (χ1n) is 11.2. The lowest BCUT2D eigenvalue weighted by Crippen LogP contribution is -2.29. The van der Waals surface area contributed by atoms with Crippen LogP contribution in [0.1, 0.15) is 22.5 Å². The van der Waals surface area contributed by atoms with E-state index in [4.69, 9.17) is 4.98 Å². The topological polar surface area (TPSA) is 80.0 Å². The monoisotopic (exact) mass is 441 g/mol. The van der Waals surface area contributed by atoms with Gasteiger partial charge in [-0.1, -0.05) is 0 Å². The lowest BCUT2D eigenvalue weighted by molar-refractivity contribution is 0.0992. The van der Waals surface area contributed by atoms with Gasteiger partial charge in [0.1, 0.15) is 5.82 Å². The summed E-state index contributed by atoms with van der Waals surface area (Å²) in [5, 5.41) is 5.16. The van der Waals surface area contributed by atoms with E-state index >= 15 is 0 Å². The van der Waals surface area contributed by atoms with Gasteiger partial charge in [0.05, 0.1) is 29.5 Å². The van der Waals surface area contributed by atoms with E-state index in [0.717, 1.165) is 60.6 Å². The van der Waals surface area contributed by atoms with Crippen molar-refractivity contribution in [1.82, 2.24) is 29.6 Å². The molecule has 1 saturated heterocycles. The highest BCUT2D eigenvalue weighted by atomic mass is 16.1. The number of likely N-dealkylation sites (N-methyl/N-ethyl adjacent to an activating group) is 1. The molecule has 4 aromatic heterocycles. The molecule has 0 saturated carbocycles. The van der Waals surface area contributed by atoms with Gasteiger partial charge >= 0.3 is 0 Å². The first-order chi connectivity index (χ1) is 16.0. The number of hydrogen-bond donors (Lipinski definition) is 0.